The number of H-pyrrole nitrogens is 1. The highest BCUT2D eigenvalue weighted by Crippen LogP contribution is 2.22. The number of rotatable bonds is 5. The Morgan fingerprint density at radius 2 is 1.73 bits per heavy atom. The molecule has 0 saturated heterocycles. The fourth-order valence-electron chi connectivity index (χ4n) is 3.49. The molecule has 1 aliphatic carbocycles. The summed E-state index contributed by atoms with van der Waals surface area (Å²) in [7, 11) is 0. The average molecular weight is 346 g/mol. The van der Waals surface area contributed by atoms with E-state index in [2.05, 4.69) is 45.1 Å². The van der Waals surface area contributed by atoms with Crippen molar-refractivity contribution in [2.24, 2.45) is 0 Å². The quantitative estimate of drug-likeness (QED) is 0.665. The van der Waals surface area contributed by atoms with E-state index in [1.165, 1.54) is 11.1 Å². The van der Waals surface area contributed by atoms with Crippen LogP contribution in [-0.4, -0.2) is 28.2 Å². The SMILES string of the molecule is CC(NC1Cc2ccccc2C1)C(=O)Nc1cc(-c2ccccc2)n[nH]1. The lowest BCUT2D eigenvalue weighted by molar-refractivity contribution is -0.118. The van der Waals surface area contributed by atoms with Crippen LogP contribution in [0.25, 0.3) is 11.3 Å². The van der Waals surface area contributed by atoms with Gasteiger partial charge < -0.3 is 10.6 Å². The zero-order chi connectivity index (χ0) is 17.9. The Morgan fingerprint density at radius 3 is 2.42 bits per heavy atom. The molecule has 1 heterocycles. The topological polar surface area (TPSA) is 69.8 Å². The third kappa shape index (κ3) is 3.53. The minimum atomic E-state index is -0.280. The summed E-state index contributed by atoms with van der Waals surface area (Å²) in [5.41, 5.74) is 4.57. The molecule has 0 aliphatic heterocycles. The number of fused-ring (bicyclic) bond motifs is 1. The average Bonchev–Trinajstić information content (AvgIpc) is 3.28. The van der Waals surface area contributed by atoms with Gasteiger partial charge in [0.25, 0.3) is 0 Å². The molecule has 132 valence electrons. The van der Waals surface area contributed by atoms with Gasteiger partial charge >= 0.3 is 0 Å². The minimum absolute atomic E-state index is 0.0655. The third-order valence-corrected chi connectivity index (χ3v) is 4.84. The van der Waals surface area contributed by atoms with Crippen molar-refractivity contribution in [3.8, 4) is 11.3 Å². The van der Waals surface area contributed by atoms with Crippen molar-refractivity contribution in [2.45, 2.75) is 31.8 Å². The highest BCUT2D eigenvalue weighted by atomic mass is 16.2. The van der Waals surface area contributed by atoms with E-state index in [0.717, 1.165) is 24.1 Å². The van der Waals surface area contributed by atoms with Gasteiger partial charge in [-0.05, 0) is 30.9 Å². The second-order valence-electron chi connectivity index (χ2n) is 6.78. The van der Waals surface area contributed by atoms with Gasteiger partial charge in [0.2, 0.25) is 5.91 Å². The van der Waals surface area contributed by atoms with Crippen LogP contribution in [0.5, 0.6) is 0 Å². The van der Waals surface area contributed by atoms with Gasteiger partial charge in [0, 0.05) is 17.7 Å². The van der Waals surface area contributed by atoms with Crippen LogP contribution in [0.3, 0.4) is 0 Å². The number of hydrogen-bond donors (Lipinski definition) is 3. The van der Waals surface area contributed by atoms with E-state index in [9.17, 15) is 4.79 Å². The lowest BCUT2D eigenvalue weighted by Crippen LogP contribution is -2.44. The molecule has 0 fully saturated rings. The molecule has 1 aliphatic rings. The van der Waals surface area contributed by atoms with Crippen LogP contribution in [-0.2, 0) is 17.6 Å². The predicted molar refractivity (Wildman–Crippen MR) is 103 cm³/mol. The van der Waals surface area contributed by atoms with Crippen molar-refractivity contribution in [1.29, 1.82) is 0 Å². The molecule has 1 amide bonds. The predicted octanol–water partition coefficient (Wildman–Crippen LogP) is 3.16. The van der Waals surface area contributed by atoms with Crippen molar-refractivity contribution < 1.29 is 4.79 Å². The van der Waals surface area contributed by atoms with Crippen LogP contribution >= 0.6 is 0 Å². The van der Waals surface area contributed by atoms with Crippen LogP contribution in [0.15, 0.2) is 60.7 Å². The van der Waals surface area contributed by atoms with E-state index < -0.39 is 0 Å². The summed E-state index contributed by atoms with van der Waals surface area (Å²) in [5.74, 6) is 0.543. The third-order valence-electron chi connectivity index (χ3n) is 4.84. The standard InChI is InChI=1S/C21H22N4O/c1-14(22-18-11-16-9-5-6-10-17(16)12-18)21(26)23-20-13-19(24-25-20)15-7-3-2-4-8-15/h2-10,13-14,18,22H,11-12H2,1H3,(H2,23,24,25,26). The Balaban J connectivity index is 1.34. The first kappa shape index (κ1) is 16.5. The molecule has 1 aromatic heterocycles. The summed E-state index contributed by atoms with van der Waals surface area (Å²) < 4.78 is 0. The summed E-state index contributed by atoms with van der Waals surface area (Å²) in [5, 5.41) is 13.5. The van der Waals surface area contributed by atoms with E-state index in [1.807, 2.05) is 43.3 Å². The van der Waals surface area contributed by atoms with Crippen LogP contribution in [0.2, 0.25) is 0 Å². The highest BCUT2D eigenvalue weighted by Gasteiger charge is 2.24. The number of hydrogen-bond acceptors (Lipinski definition) is 3. The number of aromatic nitrogens is 2. The van der Waals surface area contributed by atoms with Gasteiger partial charge in [-0.3, -0.25) is 9.89 Å². The maximum atomic E-state index is 12.5. The minimum Gasteiger partial charge on any atom is -0.310 e. The van der Waals surface area contributed by atoms with Gasteiger partial charge in [0.15, 0.2) is 0 Å². The van der Waals surface area contributed by atoms with Crippen LogP contribution in [0.1, 0.15) is 18.1 Å². The first-order valence-electron chi connectivity index (χ1n) is 8.93. The van der Waals surface area contributed by atoms with Crippen molar-refractivity contribution in [2.75, 3.05) is 5.32 Å². The van der Waals surface area contributed by atoms with Crippen molar-refractivity contribution in [1.82, 2.24) is 15.5 Å². The normalized spacial score (nSPS) is 14.8. The molecule has 0 saturated carbocycles. The van der Waals surface area contributed by atoms with Crippen molar-refractivity contribution in [3.63, 3.8) is 0 Å². The number of aromatic amines is 1. The monoisotopic (exact) mass is 346 g/mol. The Labute approximate surface area is 152 Å². The highest BCUT2D eigenvalue weighted by molar-refractivity contribution is 5.94. The van der Waals surface area contributed by atoms with Crippen LogP contribution in [0, 0.1) is 0 Å². The van der Waals surface area contributed by atoms with Gasteiger partial charge in [-0.15, -0.1) is 0 Å². The van der Waals surface area contributed by atoms with Gasteiger partial charge in [-0.1, -0.05) is 54.6 Å². The van der Waals surface area contributed by atoms with Crippen LogP contribution < -0.4 is 10.6 Å². The van der Waals surface area contributed by atoms with E-state index in [1.54, 1.807) is 0 Å². The number of anilines is 1. The molecule has 3 aromatic rings. The van der Waals surface area contributed by atoms with Gasteiger partial charge in [-0.25, -0.2) is 0 Å². The second-order valence-corrected chi connectivity index (χ2v) is 6.78. The zero-order valence-corrected chi connectivity index (χ0v) is 14.7. The molecular weight excluding hydrogens is 324 g/mol. The summed E-state index contributed by atoms with van der Waals surface area (Å²) >= 11 is 0. The van der Waals surface area contributed by atoms with E-state index in [-0.39, 0.29) is 11.9 Å². The number of carbonyl (C=O) groups is 1. The van der Waals surface area contributed by atoms with Gasteiger partial charge in [0.1, 0.15) is 5.82 Å². The fraction of sp³-hybridized carbons (Fsp3) is 0.238. The van der Waals surface area contributed by atoms with Gasteiger partial charge in [0.05, 0.1) is 11.7 Å². The first-order chi connectivity index (χ1) is 12.7. The molecule has 5 heteroatoms. The second kappa shape index (κ2) is 7.14. The molecule has 1 unspecified atom stereocenters. The van der Waals surface area contributed by atoms with Crippen LogP contribution in [0.4, 0.5) is 5.82 Å². The number of carbonyl (C=O) groups excluding carboxylic acids is 1. The molecule has 0 radical (unpaired) electrons. The Kier molecular flexibility index (Phi) is 4.54. The Morgan fingerprint density at radius 1 is 1.08 bits per heavy atom. The maximum absolute atomic E-state index is 12.5. The van der Waals surface area contributed by atoms with E-state index >= 15 is 0 Å². The summed E-state index contributed by atoms with van der Waals surface area (Å²) in [4.78, 5) is 12.5. The molecule has 3 N–H and O–H groups in total. The number of nitrogens with one attached hydrogen (secondary N) is 3. The first-order valence-corrected chi connectivity index (χ1v) is 8.93. The lowest BCUT2D eigenvalue weighted by atomic mass is 10.1. The summed E-state index contributed by atoms with van der Waals surface area (Å²) in [6, 6.07) is 20.2. The van der Waals surface area contributed by atoms with Crippen molar-refractivity contribution >= 4 is 11.7 Å². The molecule has 0 bridgehead atoms. The maximum Gasteiger partial charge on any atom is 0.242 e. The Hall–Kier alpha value is -2.92. The number of nitrogens with zero attached hydrogens (tertiary/aromatic N) is 1. The Bertz CT molecular complexity index is 878. The molecular formula is C21H22N4O. The molecule has 0 spiro atoms. The smallest absolute Gasteiger partial charge is 0.242 e. The molecule has 5 nitrogen and oxygen atoms in total. The summed E-state index contributed by atoms with van der Waals surface area (Å²) in [6.45, 7) is 1.90. The van der Waals surface area contributed by atoms with Gasteiger partial charge in [-0.2, -0.15) is 5.10 Å². The summed E-state index contributed by atoms with van der Waals surface area (Å²) in [6.07, 6.45) is 1.94. The molecule has 2 aromatic carbocycles. The number of benzene rings is 2. The number of amides is 1. The molecule has 4 rings (SSSR count). The van der Waals surface area contributed by atoms with Crippen molar-refractivity contribution in [3.05, 3.63) is 71.8 Å². The zero-order valence-electron chi connectivity index (χ0n) is 14.7. The lowest BCUT2D eigenvalue weighted by Gasteiger charge is -2.18. The largest absolute Gasteiger partial charge is 0.310 e. The molecule has 1 atom stereocenters. The van der Waals surface area contributed by atoms with E-state index in [4.69, 9.17) is 0 Å². The fourth-order valence-corrected chi connectivity index (χ4v) is 3.49. The van der Waals surface area contributed by atoms with E-state index in [0.29, 0.717) is 11.9 Å². The molecule has 26 heavy (non-hydrogen) atoms.